The molecule has 0 spiro atoms. The molecule has 46 valence electrons. The Kier molecular flexibility index (Phi) is 2.13. The lowest BCUT2D eigenvalue weighted by atomic mass is 10.2. The van der Waals surface area contributed by atoms with Gasteiger partial charge < -0.3 is 5.32 Å². The van der Waals surface area contributed by atoms with Crippen molar-refractivity contribution in [1.82, 2.24) is 5.32 Å². The van der Waals surface area contributed by atoms with Crippen LogP contribution in [0.3, 0.4) is 0 Å². The molecule has 0 aromatic rings. The number of hydrogen-bond acceptors (Lipinski definition) is 1. The molecule has 0 aromatic carbocycles. The normalized spacial score (nSPS) is 16.2. The molecule has 0 unspecified atom stereocenters. The Bertz CT molecular complexity index is 150. The van der Waals surface area contributed by atoms with Crippen LogP contribution in [0, 0.1) is 6.42 Å². The second-order valence-electron chi connectivity index (χ2n) is 1.81. The van der Waals surface area contributed by atoms with Crippen molar-refractivity contribution in [1.29, 1.82) is 0 Å². The maximum Gasteiger partial charge on any atom is 0.0376 e. The molecule has 0 atom stereocenters. The Labute approximate surface area is 55.8 Å². The topological polar surface area (TPSA) is 12.0 Å². The standard InChI is InChI=1S/C8H9N/c1-2-5-8-6-3-4-7-9-8/h2,4,6-7,9H,1,5H2. The average molecular weight is 119 g/mol. The van der Waals surface area contributed by atoms with Gasteiger partial charge in [0.25, 0.3) is 0 Å². The van der Waals surface area contributed by atoms with Gasteiger partial charge in [0.2, 0.25) is 0 Å². The summed E-state index contributed by atoms with van der Waals surface area (Å²) in [7, 11) is 0. The van der Waals surface area contributed by atoms with Crippen LogP contribution in [0.5, 0.6) is 0 Å². The van der Waals surface area contributed by atoms with E-state index in [4.69, 9.17) is 0 Å². The Morgan fingerprint density at radius 2 is 2.67 bits per heavy atom. The number of rotatable bonds is 2. The van der Waals surface area contributed by atoms with E-state index in [9.17, 15) is 0 Å². The Morgan fingerprint density at radius 1 is 1.78 bits per heavy atom. The minimum Gasteiger partial charge on any atom is -0.365 e. The predicted molar refractivity (Wildman–Crippen MR) is 38.4 cm³/mol. The van der Waals surface area contributed by atoms with E-state index in [0.717, 1.165) is 12.1 Å². The first kappa shape index (κ1) is 6.14. The van der Waals surface area contributed by atoms with Gasteiger partial charge in [-0.3, -0.25) is 0 Å². The summed E-state index contributed by atoms with van der Waals surface area (Å²) in [6, 6.07) is 0. The summed E-state index contributed by atoms with van der Waals surface area (Å²) >= 11 is 0. The second-order valence-corrected chi connectivity index (χ2v) is 1.81. The largest absolute Gasteiger partial charge is 0.365 e. The molecule has 1 heteroatoms. The van der Waals surface area contributed by atoms with Crippen molar-refractivity contribution in [2.45, 2.75) is 6.42 Å². The van der Waals surface area contributed by atoms with Crippen LogP contribution in [0.1, 0.15) is 6.42 Å². The number of nitrogens with one attached hydrogen (secondary N) is 1. The van der Waals surface area contributed by atoms with Crippen molar-refractivity contribution in [3.8, 4) is 0 Å². The molecule has 1 N–H and O–H groups in total. The molecule has 2 radical (unpaired) electrons. The molecular formula is C8H9N. The quantitative estimate of drug-likeness (QED) is 0.545. The Hall–Kier alpha value is -0.980. The van der Waals surface area contributed by atoms with Crippen molar-refractivity contribution in [3.63, 3.8) is 0 Å². The first-order valence-electron chi connectivity index (χ1n) is 2.91. The number of dihydropyridines is 1. The van der Waals surface area contributed by atoms with Gasteiger partial charge in [-0.15, -0.1) is 6.58 Å². The highest BCUT2D eigenvalue weighted by Gasteiger charge is 1.92. The van der Waals surface area contributed by atoms with Crippen molar-refractivity contribution in [2.24, 2.45) is 0 Å². The molecule has 9 heavy (non-hydrogen) atoms. The van der Waals surface area contributed by atoms with E-state index in [0.29, 0.717) is 0 Å². The van der Waals surface area contributed by atoms with Gasteiger partial charge in [-0.2, -0.15) is 0 Å². The van der Waals surface area contributed by atoms with E-state index in [2.05, 4.69) is 18.3 Å². The zero-order chi connectivity index (χ0) is 6.53. The summed E-state index contributed by atoms with van der Waals surface area (Å²) in [5, 5.41) is 3.07. The summed E-state index contributed by atoms with van der Waals surface area (Å²) in [6.07, 6.45) is 11.3. The van der Waals surface area contributed by atoms with Gasteiger partial charge in [0.05, 0.1) is 0 Å². The average Bonchev–Trinajstić information content (AvgIpc) is 1.91. The first-order valence-corrected chi connectivity index (χ1v) is 2.91. The van der Waals surface area contributed by atoms with Gasteiger partial charge in [-0.1, -0.05) is 18.2 Å². The molecule has 1 rings (SSSR count). The molecule has 0 amide bonds. The highest BCUT2D eigenvalue weighted by atomic mass is 14.8. The van der Waals surface area contributed by atoms with E-state index >= 15 is 0 Å². The van der Waals surface area contributed by atoms with Crippen LogP contribution in [0.2, 0.25) is 0 Å². The van der Waals surface area contributed by atoms with Gasteiger partial charge >= 0.3 is 0 Å². The smallest absolute Gasteiger partial charge is 0.0376 e. The fourth-order valence-corrected chi connectivity index (χ4v) is 0.661. The summed E-state index contributed by atoms with van der Waals surface area (Å²) in [4.78, 5) is 0. The summed E-state index contributed by atoms with van der Waals surface area (Å²) in [6.45, 7) is 3.62. The molecule has 0 aromatic heterocycles. The van der Waals surface area contributed by atoms with Crippen LogP contribution in [-0.2, 0) is 0 Å². The van der Waals surface area contributed by atoms with Crippen LogP contribution < -0.4 is 5.32 Å². The second kappa shape index (κ2) is 3.13. The fraction of sp³-hybridized carbons (Fsp3) is 0.125. The lowest BCUT2D eigenvalue weighted by molar-refractivity contribution is 0.977. The van der Waals surface area contributed by atoms with E-state index in [1.807, 2.05) is 24.4 Å². The van der Waals surface area contributed by atoms with Crippen molar-refractivity contribution >= 4 is 0 Å². The third-order valence-corrected chi connectivity index (χ3v) is 1.07. The van der Waals surface area contributed by atoms with Crippen molar-refractivity contribution in [2.75, 3.05) is 0 Å². The monoisotopic (exact) mass is 119 g/mol. The molecule has 0 saturated carbocycles. The van der Waals surface area contributed by atoms with E-state index < -0.39 is 0 Å². The Morgan fingerprint density at radius 3 is 3.22 bits per heavy atom. The molecule has 0 saturated heterocycles. The van der Waals surface area contributed by atoms with Gasteiger partial charge in [0.1, 0.15) is 0 Å². The number of allylic oxidation sites excluding steroid dienone is 3. The first-order chi connectivity index (χ1) is 4.43. The minimum atomic E-state index is 0.886. The summed E-state index contributed by atoms with van der Waals surface area (Å²) in [5.41, 5.74) is 1.15. The maximum atomic E-state index is 3.62. The lowest BCUT2D eigenvalue weighted by Crippen LogP contribution is -2.06. The fourth-order valence-electron chi connectivity index (χ4n) is 0.661. The number of hydrogen-bond donors (Lipinski definition) is 1. The van der Waals surface area contributed by atoms with Crippen molar-refractivity contribution in [3.05, 3.63) is 43.1 Å². The molecule has 1 heterocycles. The highest BCUT2D eigenvalue weighted by molar-refractivity contribution is 5.22. The zero-order valence-corrected chi connectivity index (χ0v) is 5.22. The van der Waals surface area contributed by atoms with E-state index in [1.54, 1.807) is 0 Å². The molecule has 1 aliphatic heterocycles. The predicted octanol–water partition coefficient (Wildman–Crippen LogP) is 1.64. The SMILES string of the molecule is C=CCC1=C[C]C=CN1. The molecular weight excluding hydrogens is 110 g/mol. The van der Waals surface area contributed by atoms with E-state index in [-0.39, 0.29) is 0 Å². The van der Waals surface area contributed by atoms with Gasteiger partial charge in [-0.25, -0.2) is 0 Å². The van der Waals surface area contributed by atoms with Gasteiger partial charge in [0.15, 0.2) is 0 Å². The van der Waals surface area contributed by atoms with Crippen LogP contribution in [0.4, 0.5) is 0 Å². The third kappa shape index (κ3) is 1.76. The molecule has 0 fully saturated rings. The minimum absolute atomic E-state index is 0.886. The highest BCUT2D eigenvalue weighted by Crippen LogP contribution is 2.03. The molecule has 0 aliphatic carbocycles. The third-order valence-electron chi connectivity index (χ3n) is 1.07. The zero-order valence-electron chi connectivity index (χ0n) is 5.22. The van der Waals surface area contributed by atoms with Gasteiger partial charge in [-0.05, 0) is 6.20 Å². The van der Waals surface area contributed by atoms with Crippen LogP contribution in [-0.4, -0.2) is 0 Å². The van der Waals surface area contributed by atoms with Crippen LogP contribution in [0.15, 0.2) is 36.7 Å². The molecule has 1 aliphatic rings. The van der Waals surface area contributed by atoms with Crippen LogP contribution in [0.25, 0.3) is 0 Å². The lowest BCUT2D eigenvalue weighted by Gasteiger charge is -2.06. The van der Waals surface area contributed by atoms with Crippen LogP contribution >= 0.6 is 0 Å². The Balaban J connectivity index is 2.40. The maximum absolute atomic E-state index is 3.62. The molecule has 0 bridgehead atoms. The molecule has 1 nitrogen and oxygen atoms in total. The summed E-state index contributed by atoms with van der Waals surface area (Å²) < 4.78 is 0. The summed E-state index contributed by atoms with van der Waals surface area (Å²) in [5.74, 6) is 0. The van der Waals surface area contributed by atoms with E-state index in [1.165, 1.54) is 0 Å². The van der Waals surface area contributed by atoms with Gasteiger partial charge in [0, 0.05) is 18.5 Å². The van der Waals surface area contributed by atoms with Crippen molar-refractivity contribution < 1.29 is 0 Å².